The van der Waals surface area contributed by atoms with Crippen molar-refractivity contribution in [3.63, 3.8) is 0 Å². The van der Waals surface area contributed by atoms with E-state index in [4.69, 9.17) is 4.98 Å². The van der Waals surface area contributed by atoms with Crippen molar-refractivity contribution in [1.82, 2.24) is 24.8 Å². The maximum Gasteiger partial charge on any atom is 0.255 e. The van der Waals surface area contributed by atoms with Crippen LogP contribution >= 0.6 is 0 Å². The Labute approximate surface area is 203 Å². The number of rotatable bonds is 8. The summed E-state index contributed by atoms with van der Waals surface area (Å²) in [7, 11) is 0. The summed E-state index contributed by atoms with van der Waals surface area (Å²) in [6, 6.07) is 3.66. The Kier molecular flexibility index (Phi) is 6.91. The Hall–Kier alpha value is -3.31. The lowest BCUT2D eigenvalue weighted by molar-refractivity contribution is -0.00177. The van der Waals surface area contributed by atoms with Crippen molar-refractivity contribution in [2.75, 3.05) is 29.9 Å². The van der Waals surface area contributed by atoms with Gasteiger partial charge in [0, 0.05) is 49.2 Å². The van der Waals surface area contributed by atoms with Crippen LogP contribution in [0.5, 0.6) is 0 Å². The van der Waals surface area contributed by atoms with Crippen LogP contribution in [0.3, 0.4) is 0 Å². The van der Waals surface area contributed by atoms with E-state index >= 15 is 0 Å². The molecule has 0 radical (unpaired) electrons. The number of nitrogens with zero attached hydrogens (tertiary/aromatic N) is 5. The molecule has 1 aliphatic rings. The zero-order valence-electron chi connectivity index (χ0n) is 20.4. The topological polar surface area (TPSA) is 128 Å². The third kappa shape index (κ3) is 5.51. The van der Waals surface area contributed by atoms with Gasteiger partial charge in [-0.15, -0.1) is 0 Å². The van der Waals surface area contributed by atoms with Gasteiger partial charge in [-0.3, -0.25) is 9.36 Å². The van der Waals surface area contributed by atoms with Crippen molar-refractivity contribution >= 4 is 28.6 Å². The highest BCUT2D eigenvalue weighted by Crippen LogP contribution is 2.25. The number of hydrogen-bond acceptors (Lipinski definition) is 8. The average Bonchev–Trinajstić information content (AvgIpc) is 3.41. The van der Waals surface area contributed by atoms with Crippen molar-refractivity contribution in [3.05, 3.63) is 36.3 Å². The molecule has 4 heterocycles. The van der Waals surface area contributed by atoms with Crippen LogP contribution in [0, 0.1) is 0 Å². The molecule has 3 aromatic heterocycles. The summed E-state index contributed by atoms with van der Waals surface area (Å²) in [5.41, 5.74) is -0.0946. The number of carbonyl (C=O) groups is 1. The summed E-state index contributed by atoms with van der Waals surface area (Å²) in [6.45, 7) is 7.46. The van der Waals surface area contributed by atoms with E-state index in [0.717, 1.165) is 5.39 Å². The van der Waals surface area contributed by atoms with Gasteiger partial charge in [0.15, 0.2) is 5.65 Å². The monoisotopic (exact) mass is 485 g/mol. The van der Waals surface area contributed by atoms with Gasteiger partial charge in [-0.05, 0) is 40.2 Å². The second kappa shape index (κ2) is 9.74. The number of anilines is 2. The minimum atomic E-state index is -1.61. The summed E-state index contributed by atoms with van der Waals surface area (Å²) in [5, 5.41) is 26.3. The molecule has 4 N–H and O–H groups in total. The molecule has 3 aromatic rings. The molecule has 0 spiro atoms. The lowest BCUT2D eigenvalue weighted by Gasteiger charge is -2.23. The van der Waals surface area contributed by atoms with E-state index in [9.17, 15) is 19.4 Å². The van der Waals surface area contributed by atoms with Crippen LogP contribution in [0.1, 0.15) is 44.5 Å². The fourth-order valence-corrected chi connectivity index (χ4v) is 3.88. The van der Waals surface area contributed by atoms with Crippen LogP contribution in [0.2, 0.25) is 0 Å². The standard InChI is InChI=1S/C24H32FN7O3/c1-14(2)29-18-9-20(26-11-17(18)22(34)27-12-19(25)24(3,4)35)32-8-5-15-10-28-23(30-21(15)32)31-7-6-16(33)13-31/h5,8-11,14,16,19,33,35H,6-7,12-13H2,1-4H3,(H,26,29)(H,27,34)/t16-,19+/m0/s1. The number of carbonyl (C=O) groups excluding carboxylic acids is 1. The average molecular weight is 486 g/mol. The highest BCUT2D eigenvalue weighted by molar-refractivity contribution is 5.99. The Morgan fingerprint density at radius 2 is 2.09 bits per heavy atom. The summed E-state index contributed by atoms with van der Waals surface area (Å²) in [6.07, 6.45) is 3.69. The molecule has 0 aliphatic carbocycles. The molecule has 1 amide bonds. The molecule has 11 heteroatoms. The molecule has 0 bridgehead atoms. The van der Waals surface area contributed by atoms with Crippen LogP contribution in [0.15, 0.2) is 30.7 Å². The highest BCUT2D eigenvalue weighted by atomic mass is 19.1. The molecule has 0 aromatic carbocycles. The number of pyridine rings is 1. The molecule has 10 nitrogen and oxygen atoms in total. The van der Waals surface area contributed by atoms with Crippen molar-refractivity contribution < 1.29 is 19.4 Å². The SMILES string of the molecule is CC(C)Nc1cc(-n2ccc3cnc(N4CC[C@H](O)C4)nc32)ncc1C(=O)NC[C@@H](F)C(C)(C)O. The lowest BCUT2D eigenvalue weighted by Crippen LogP contribution is -2.42. The molecular weight excluding hydrogens is 453 g/mol. The normalized spacial score (nSPS) is 17.3. The first-order chi connectivity index (χ1) is 16.5. The molecule has 0 saturated carbocycles. The van der Waals surface area contributed by atoms with E-state index in [1.165, 1.54) is 20.0 Å². The van der Waals surface area contributed by atoms with Crippen molar-refractivity contribution in [3.8, 4) is 5.82 Å². The van der Waals surface area contributed by atoms with Gasteiger partial charge in [-0.2, -0.15) is 4.98 Å². The number of amides is 1. The number of fused-ring (bicyclic) bond motifs is 1. The first-order valence-electron chi connectivity index (χ1n) is 11.7. The smallest absolute Gasteiger partial charge is 0.255 e. The van der Waals surface area contributed by atoms with E-state index in [-0.39, 0.29) is 24.3 Å². The molecule has 35 heavy (non-hydrogen) atoms. The van der Waals surface area contributed by atoms with Crippen LogP contribution in [0.4, 0.5) is 16.0 Å². The number of aliphatic hydroxyl groups is 2. The van der Waals surface area contributed by atoms with Crippen LogP contribution in [0.25, 0.3) is 16.9 Å². The van der Waals surface area contributed by atoms with Crippen molar-refractivity contribution in [1.29, 1.82) is 0 Å². The van der Waals surface area contributed by atoms with Crippen LogP contribution < -0.4 is 15.5 Å². The molecule has 1 fully saturated rings. The van der Waals surface area contributed by atoms with Gasteiger partial charge in [-0.1, -0.05) is 0 Å². The van der Waals surface area contributed by atoms with E-state index < -0.39 is 17.7 Å². The number of alkyl halides is 1. The maximum atomic E-state index is 14.1. The summed E-state index contributed by atoms with van der Waals surface area (Å²) in [4.78, 5) is 28.4. The molecule has 188 valence electrons. The molecule has 1 saturated heterocycles. The summed E-state index contributed by atoms with van der Waals surface area (Å²) < 4.78 is 15.9. The largest absolute Gasteiger partial charge is 0.391 e. The first-order valence-corrected chi connectivity index (χ1v) is 11.7. The van der Waals surface area contributed by atoms with Crippen molar-refractivity contribution in [2.24, 2.45) is 0 Å². The predicted molar refractivity (Wildman–Crippen MR) is 132 cm³/mol. The van der Waals surface area contributed by atoms with Crippen LogP contribution in [-0.2, 0) is 0 Å². The summed E-state index contributed by atoms with van der Waals surface area (Å²) >= 11 is 0. The zero-order valence-corrected chi connectivity index (χ0v) is 20.4. The van der Waals surface area contributed by atoms with E-state index in [0.29, 0.717) is 42.6 Å². The summed E-state index contributed by atoms with van der Waals surface area (Å²) in [5.74, 6) is 0.595. The Bertz CT molecular complexity index is 1210. The predicted octanol–water partition coefficient (Wildman–Crippen LogP) is 2.05. The molecule has 0 unspecified atom stereocenters. The Morgan fingerprint density at radius 3 is 2.74 bits per heavy atom. The van der Waals surface area contributed by atoms with Gasteiger partial charge in [-0.25, -0.2) is 14.4 Å². The number of nitrogens with one attached hydrogen (secondary N) is 2. The first kappa shape index (κ1) is 24.8. The number of β-amino-alcohol motifs (C(OH)–C–C–N with tert-alkyl or cyclic N) is 1. The van der Waals surface area contributed by atoms with Gasteiger partial charge in [0.2, 0.25) is 5.95 Å². The quantitative estimate of drug-likeness (QED) is 0.382. The third-order valence-electron chi connectivity index (χ3n) is 5.89. The van der Waals surface area contributed by atoms with Crippen molar-refractivity contribution in [2.45, 2.75) is 58.0 Å². The van der Waals surface area contributed by atoms with Gasteiger partial charge >= 0.3 is 0 Å². The minimum absolute atomic E-state index is 0.0269. The second-order valence-electron chi connectivity index (χ2n) is 9.74. The zero-order chi connectivity index (χ0) is 25.3. The number of halogens is 1. The molecule has 1 aliphatic heterocycles. The van der Waals surface area contributed by atoms with Gasteiger partial charge in [0.1, 0.15) is 12.0 Å². The Morgan fingerprint density at radius 1 is 1.31 bits per heavy atom. The lowest BCUT2D eigenvalue weighted by atomic mass is 10.0. The third-order valence-corrected chi connectivity index (χ3v) is 5.89. The van der Waals surface area contributed by atoms with E-state index in [1.54, 1.807) is 12.3 Å². The second-order valence-corrected chi connectivity index (χ2v) is 9.74. The number of aliphatic hydroxyl groups excluding tert-OH is 1. The highest BCUT2D eigenvalue weighted by Gasteiger charge is 2.27. The van der Waals surface area contributed by atoms with Gasteiger partial charge in [0.05, 0.1) is 29.5 Å². The Balaban J connectivity index is 1.64. The van der Waals surface area contributed by atoms with Crippen LogP contribution in [-0.4, -0.2) is 79.2 Å². The van der Waals surface area contributed by atoms with E-state index in [2.05, 4.69) is 20.6 Å². The minimum Gasteiger partial charge on any atom is -0.391 e. The number of aromatic nitrogens is 4. The van der Waals surface area contributed by atoms with E-state index in [1.807, 2.05) is 35.6 Å². The van der Waals surface area contributed by atoms with Gasteiger partial charge in [0.25, 0.3) is 5.91 Å². The fourth-order valence-electron chi connectivity index (χ4n) is 3.88. The van der Waals surface area contributed by atoms with Gasteiger partial charge < -0.3 is 25.7 Å². The molecule has 2 atom stereocenters. The maximum absolute atomic E-state index is 14.1. The molecular formula is C24H32FN7O3. The molecule has 4 rings (SSSR count). The number of hydrogen-bond donors (Lipinski definition) is 4. The fraction of sp³-hybridized carbons (Fsp3) is 0.500.